The molecule has 0 aliphatic carbocycles. The minimum Gasteiger partial charge on any atom is -0.414 e. The summed E-state index contributed by atoms with van der Waals surface area (Å²) in [5.74, 6) is 0.233. The minimum atomic E-state index is -4.30. The SMILES string of the molecule is FC(F)(F)COCCc1n[nH]c(=S)o1. The first-order valence-electron chi connectivity index (χ1n) is 3.66. The van der Waals surface area contributed by atoms with Crippen LogP contribution in [0.1, 0.15) is 5.89 Å². The highest BCUT2D eigenvalue weighted by atomic mass is 32.1. The van der Waals surface area contributed by atoms with Gasteiger partial charge in [-0.3, -0.25) is 0 Å². The van der Waals surface area contributed by atoms with Gasteiger partial charge in [-0.2, -0.15) is 13.2 Å². The van der Waals surface area contributed by atoms with Crippen LogP contribution < -0.4 is 0 Å². The molecule has 0 fully saturated rings. The number of halogens is 3. The van der Waals surface area contributed by atoms with E-state index in [1.54, 1.807) is 0 Å². The molecule has 0 aliphatic rings. The van der Waals surface area contributed by atoms with E-state index < -0.39 is 12.8 Å². The number of hydrogen-bond acceptors (Lipinski definition) is 4. The lowest BCUT2D eigenvalue weighted by Crippen LogP contribution is -2.17. The molecule has 0 bridgehead atoms. The van der Waals surface area contributed by atoms with Gasteiger partial charge in [-0.05, 0) is 12.2 Å². The van der Waals surface area contributed by atoms with Crippen molar-refractivity contribution in [2.45, 2.75) is 12.6 Å². The van der Waals surface area contributed by atoms with Crippen molar-refractivity contribution in [2.24, 2.45) is 0 Å². The highest BCUT2D eigenvalue weighted by molar-refractivity contribution is 7.71. The van der Waals surface area contributed by atoms with Gasteiger partial charge >= 0.3 is 6.18 Å². The predicted molar refractivity (Wildman–Crippen MR) is 42.3 cm³/mol. The van der Waals surface area contributed by atoms with Crippen LogP contribution >= 0.6 is 12.2 Å². The smallest absolute Gasteiger partial charge is 0.411 e. The summed E-state index contributed by atoms with van der Waals surface area (Å²) >= 11 is 4.57. The van der Waals surface area contributed by atoms with Crippen LogP contribution in [-0.4, -0.2) is 29.6 Å². The lowest BCUT2D eigenvalue weighted by Gasteiger charge is -2.05. The molecule has 0 saturated heterocycles. The van der Waals surface area contributed by atoms with Crippen molar-refractivity contribution in [3.05, 3.63) is 10.7 Å². The highest BCUT2D eigenvalue weighted by Crippen LogP contribution is 2.14. The van der Waals surface area contributed by atoms with Crippen LogP contribution in [0.2, 0.25) is 0 Å². The van der Waals surface area contributed by atoms with Gasteiger partial charge in [-0.15, -0.1) is 5.10 Å². The van der Waals surface area contributed by atoms with E-state index in [4.69, 9.17) is 4.42 Å². The van der Waals surface area contributed by atoms with Crippen molar-refractivity contribution in [3.8, 4) is 0 Å². The average Bonchev–Trinajstić information content (AvgIpc) is 2.44. The second-order valence-corrected chi connectivity index (χ2v) is 2.80. The molecule has 1 N–H and O–H groups in total. The Morgan fingerprint density at radius 2 is 2.21 bits per heavy atom. The van der Waals surface area contributed by atoms with E-state index in [0.29, 0.717) is 0 Å². The largest absolute Gasteiger partial charge is 0.414 e. The average molecular weight is 228 g/mol. The predicted octanol–water partition coefficient (Wildman–Crippen LogP) is 1.85. The monoisotopic (exact) mass is 228 g/mol. The number of aromatic nitrogens is 2. The van der Waals surface area contributed by atoms with Crippen molar-refractivity contribution in [1.82, 2.24) is 10.2 Å². The van der Waals surface area contributed by atoms with Crippen LogP contribution in [0.3, 0.4) is 0 Å². The zero-order valence-corrected chi connectivity index (χ0v) is 7.74. The van der Waals surface area contributed by atoms with Crippen LogP contribution in [0, 0.1) is 4.84 Å². The van der Waals surface area contributed by atoms with Gasteiger partial charge in [0.2, 0.25) is 5.89 Å². The van der Waals surface area contributed by atoms with E-state index in [-0.39, 0.29) is 23.8 Å². The standard InChI is InChI=1S/C6H7F3N2O2S/c7-6(8,9)3-12-2-1-4-10-11-5(14)13-4/h1-3H2,(H,11,14). The molecule has 0 unspecified atom stereocenters. The van der Waals surface area contributed by atoms with Crippen LogP contribution in [-0.2, 0) is 11.2 Å². The van der Waals surface area contributed by atoms with Crippen molar-refractivity contribution >= 4 is 12.2 Å². The molecule has 1 aromatic heterocycles. The summed E-state index contributed by atoms with van der Waals surface area (Å²) in [6.07, 6.45) is -4.14. The maximum absolute atomic E-state index is 11.6. The fraction of sp³-hybridized carbons (Fsp3) is 0.667. The number of nitrogens with zero attached hydrogens (tertiary/aromatic N) is 1. The lowest BCUT2D eigenvalue weighted by atomic mass is 10.4. The molecule has 0 saturated carbocycles. The van der Waals surface area contributed by atoms with E-state index >= 15 is 0 Å². The Morgan fingerprint density at radius 3 is 2.71 bits per heavy atom. The zero-order chi connectivity index (χ0) is 10.6. The molecule has 1 heterocycles. The third kappa shape index (κ3) is 4.38. The maximum Gasteiger partial charge on any atom is 0.411 e. The van der Waals surface area contributed by atoms with Gasteiger partial charge in [-0.1, -0.05) is 0 Å². The summed E-state index contributed by atoms with van der Waals surface area (Å²) in [7, 11) is 0. The molecule has 80 valence electrons. The van der Waals surface area contributed by atoms with Crippen LogP contribution in [0.15, 0.2) is 4.42 Å². The Kier molecular flexibility index (Phi) is 3.64. The molecule has 0 aromatic carbocycles. The zero-order valence-electron chi connectivity index (χ0n) is 6.93. The number of hydrogen-bond donors (Lipinski definition) is 1. The Balaban J connectivity index is 2.19. The van der Waals surface area contributed by atoms with Gasteiger partial charge in [0.15, 0.2) is 0 Å². The van der Waals surface area contributed by atoms with E-state index in [1.165, 1.54) is 0 Å². The molecule has 1 aromatic rings. The van der Waals surface area contributed by atoms with E-state index in [0.717, 1.165) is 0 Å². The first-order valence-corrected chi connectivity index (χ1v) is 4.07. The summed E-state index contributed by atoms with van der Waals surface area (Å²) in [6, 6.07) is 0. The topological polar surface area (TPSA) is 51.0 Å². The number of H-pyrrole nitrogens is 1. The van der Waals surface area contributed by atoms with E-state index in [9.17, 15) is 13.2 Å². The van der Waals surface area contributed by atoms with Crippen molar-refractivity contribution in [3.63, 3.8) is 0 Å². The minimum absolute atomic E-state index is 0.0934. The third-order valence-electron chi connectivity index (χ3n) is 1.21. The second-order valence-electron chi connectivity index (χ2n) is 2.42. The van der Waals surface area contributed by atoms with Crippen molar-refractivity contribution < 1.29 is 22.3 Å². The van der Waals surface area contributed by atoms with Gasteiger partial charge in [0.25, 0.3) is 4.84 Å². The van der Waals surface area contributed by atoms with Crippen molar-refractivity contribution in [1.29, 1.82) is 0 Å². The number of nitrogens with one attached hydrogen (secondary N) is 1. The highest BCUT2D eigenvalue weighted by Gasteiger charge is 2.27. The van der Waals surface area contributed by atoms with Gasteiger partial charge in [-0.25, -0.2) is 5.10 Å². The van der Waals surface area contributed by atoms with Crippen LogP contribution in [0.4, 0.5) is 13.2 Å². The quantitative estimate of drug-likeness (QED) is 0.631. The van der Waals surface area contributed by atoms with Crippen LogP contribution in [0.25, 0.3) is 0 Å². The second kappa shape index (κ2) is 4.56. The number of ether oxygens (including phenoxy) is 1. The van der Waals surface area contributed by atoms with Gasteiger partial charge in [0, 0.05) is 6.42 Å². The van der Waals surface area contributed by atoms with Gasteiger partial charge in [0.1, 0.15) is 6.61 Å². The van der Waals surface area contributed by atoms with E-state index in [2.05, 4.69) is 27.2 Å². The Hall–Kier alpha value is -0.890. The summed E-state index contributed by atoms with van der Waals surface area (Å²) < 4.78 is 43.9. The Bertz CT molecular complexity index is 332. The molecular formula is C6H7F3N2O2S. The van der Waals surface area contributed by atoms with Crippen molar-refractivity contribution in [2.75, 3.05) is 13.2 Å². The Morgan fingerprint density at radius 1 is 1.50 bits per heavy atom. The molecule has 1 rings (SSSR count). The maximum atomic E-state index is 11.6. The molecule has 0 atom stereocenters. The summed E-state index contributed by atoms with van der Waals surface area (Å²) in [5, 5.41) is 5.94. The first-order chi connectivity index (χ1) is 6.47. The Labute approximate surface area is 82.1 Å². The van der Waals surface area contributed by atoms with Crippen LogP contribution in [0.5, 0.6) is 0 Å². The fourth-order valence-corrected chi connectivity index (χ4v) is 0.857. The molecule has 8 heteroatoms. The molecule has 0 spiro atoms. The molecule has 14 heavy (non-hydrogen) atoms. The molecule has 0 aliphatic heterocycles. The van der Waals surface area contributed by atoms with E-state index in [1.807, 2.05) is 0 Å². The van der Waals surface area contributed by atoms with Gasteiger partial charge in [0.05, 0.1) is 6.61 Å². The molecule has 4 nitrogen and oxygen atoms in total. The summed E-state index contributed by atoms with van der Waals surface area (Å²) in [4.78, 5) is 0.0934. The first kappa shape index (κ1) is 11.2. The summed E-state index contributed by atoms with van der Waals surface area (Å²) in [6.45, 7) is -1.37. The fourth-order valence-electron chi connectivity index (χ4n) is 0.715. The molecule has 0 radical (unpaired) electrons. The lowest BCUT2D eigenvalue weighted by molar-refractivity contribution is -0.173. The number of alkyl halides is 3. The third-order valence-corrected chi connectivity index (χ3v) is 1.38. The normalized spacial score (nSPS) is 11.9. The molecular weight excluding hydrogens is 221 g/mol. The number of aromatic amines is 1. The number of rotatable bonds is 4. The molecule has 0 amide bonds. The van der Waals surface area contributed by atoms with Gasteiger partial charge < -0.3 is 9.15 Å². The summed E-state index contributed by atoms with van der Waals surface area (Å²) in [5.41, 5.74) is 0.